The first kappa shape index (κ1) is 19.9. The van der Waals surface area contributed by atoms with Gasteiger partial charge >= 0.3 is 18.3 Å². The second-order valence-electron chi connectivity index (χ2n) is 4.72. The lowest BCUT2D eigenvalue weighted by molar-refractivity contribution is -0.282. The van der Waals surface area contributed by atoms with Crippen LogP contribution in [0.5, 0.6) is 0 Å². The highest BCUT2D eigenvalue weighted by Crippen LogP contribution is 2.43. The zero-order valence-electron chi connectivity index (χ0n) is 10.6. The molecule has 0 rings (SSSR count). The molecule has 1 atom stereocenters. The average Bonchev–Trinajstić information content (AvgIpc) is 2.22. The van der Waals surface area contributed by atoms with E-state index in [4.69, 9.17) is 11.1 Å². The minimum Gasteiger partial charge on any atom is -0.196 e. The lowest BCUT2D eigenvalue weighted by atomic mass is 10.2. The second kappa shape index (κ2) is 6.80. The predicted octanol–water partition coefficient (Wildman–Crippen LogP) is 6.12. The van der Waals surface area contributed by atoms with Crippen LogP contribution >= 0.6 is 11.1 Å². The highest BCUT2D eigenvalue weighted by Gasteiger charge is 2.57. The third kappa shape index (κ3) is 7.10. The molecule has 0 heterocycles. The Kier molecular flexibility index (Phi) is 6.79. The fourth-order valence-corrected chi connectivity index (χ4v) is 5.99. The van der Waals surface area contributed by atoms with Crippen LogP contribution in [0.2, 0.25) is 18.1 Å². The summed E-state index contributed by atoms with van der Waals surface area (Å²) in [7, 11) is -3.28. The van der Waals surface area contributed by atoms with Crippen LogP contribution in [0.15, 0.2) is 0 Å². The van der Waals surface area contributed by atoms with Crippen molar-refractivity contribution >= 4 is 18.5 Å². The first-order valence-electron chi connectivity index (χ1n) is 5.93. The van der Waals surface area contributed by atoms with E-state index in [1.807, 2.05) is 0 Å². The molecule has 10 heteroatoms. The van der Waals surface area contributed by atoms with Crippen molar-refractivity contribution in [2.75, 3.05) is 0 Å². The standard InChI is InChI=1S/C10H15ClF8Si/c1-2-5-20(11,7-4-9(14,15)16)6-3-8(12,13)10(17,18)19/h2-7H2,1H3. The summed E-state index contributed by atoms with van der Waals surface area (Å²) in [6, 6.07) is -1.15. The Morgan fingerprint density at radius 1 is 0.800 bits per heavy atom. The van der Waals surface area contributed by atoms with E-state index in [2.05, 4.69) is 0 Å². The Morgan fingerprint density at radius 3 is 1.60 bits per heavy atom. The predicted molar refractivity (Wildman–Crippen MR) is 62.6 cm³/mol. The third-order valence-electron chi connectivity index (χ3n) is 2.86. The van der Waals surface area contributed by atoms with Crippen LogP contribution in [0.25, 0.3) is 0 Å². The summed E-state index contributed by atoms with van der Waals surface area (Å²) in [5, 5.41) is 0. The number of hydrogen-bond acceptors (Lipinski definition) is 0. The lowest BCUT2D eigenvalue weighted by Gasteiger charge is -2.27. The van der Waals surface area contributed by atoms with Crippen molar-refractivity contribution in [2.45, 2.75) is 62.6 Å². The van der Waals surface area contributed by atoms with Crippen molar-refractivity contribution in [2.24, 2.45) is 0 Å². The summed E-state index contributed by atoms with van der Waals surface area (Å²) in [6.45, 7) is 1.60. The summed E-state index contributed by atoms with van der Waals surface area (Å²) in [5.41, 5.74) is 0. The first-order valence-corrected chi connectivity index (χ1v) is 9.56. The van der Waals surface area contributed by atoms with E-state index in [-0.39, 0.29) is 6.04 Å². The Balaban J connectivity index is 4.69. The minimum atomic E-state index is -5.70. The van der Waals surface area contributed by atoms with E-state index in [1.165, 1.54) is 0 Å². The zero-order valence-corrected chi connectivity index (χ0v) is 12.4. The molecule has 0 aliphatic rings. The van der Waals surface area contributed by atoms with Gasteiger partial charge in [0, 0.05) is 12.8 Å². The molecule has 0 radical (unpaired) electrons. The Hall–Kier alpha value is -0.0531. The molecule has 0 aliphatic heterocycles. The molecule has 0 nitrogen and oxygen atoms in total. The van der Waals surface area contributed by atoms with Crippen molar-refractivity contribution < 1.29 is 35.1 Å². The topological polar surface area (TPSA) is 0 Å². The number of hydrogen-bond donors (Lipinski definition) is 0. The van der Waals surface area contributed by atoms with Gasteiger partial charge in [-0.3, -0.25) is 0 Å². The van der Waals surface area contributed by atoms with Gasteiger partial charge in [-0.2, -0.15) is 46.2 Å². The molecule has 0 aromatic rings. The van der Waals surface area contributed by atoms with Crippen LogP contribution in [0.3, 0.4) is 0 Å². The Bertz CT molecular complexity index is 301. The van der Waals surface area contributed by atoms with Crippen LogP contribution in [-0.4, -0.2) is 25.7 Å². The Morgan fingerprint density at radius 2 is 1.25 bits per heavy atom. The molecule has 0 aromatic carbocycles. The van der Waals surface area contributed by atoms with Gasteiger partial charge < -0.3 is 0 Å². The maximum Gasteiger partial charge on any atom is 0.453 e. The van der Waals surface area contributed by atoms with Crippen molar-refractivity contribution in [3.05, 3.63) is 0 Å². The monoisotopic (exact) mass is 350 g/mol. The smallest absolute Gasteiger partial charge is 0.196 e. The lowest BCUT2D eigenvalue weighted by Crippen LogP contribution is -2.39. The molecule has 0 fully saturated rings. The van der Waals surface area contributed by atoms with Crippen molar-refractivity contribution in [1.29, 1.82) is 0 Å². The molecule has 1 unspecified atom stereocenters. The molecule has 0 saturated carbocycles. The summed E-state index contributed by atoms with van der Waals surface area (Å²) < 4.78 is 98.0. The molecule has 0 N–H and O–H groups in total. The van der Waals surface area contributed by atoms with Gasteiger partial charge in [-0.05, 0) is 18.1 Å². The van der Waals surface area contributed by atoms with E-state index in [0.717, 1.165) is 0 Å². The number of alkyl halides is 8. The summed E-state index contributed by atoms with van der Waals surface area (Å²) in [4.78, 5) is 0. The molecule has 0 aromatic heterocycles. The fourth-order valence-electron chi connectivity index (χ4n) is 1.71. The Labute approximate surface area is 117 Å². The second-order valence-corrected chi connectivity index (χ2v) is 10.9. The normalized spacial score (nSPS) is 17.1. The molecule has 0 amide bonds. The quantitative estimate of drug-likeness (QED) is 0.295. The van der Waals surface area contributed by atoms with E-state index < -0.39 is 50.6 Å². The molecule has 0 aliphatic carbocycles. The fraction of sp³-hybridized carbons (Fsp3) is 1.00. The van der Waals surface area contributed by atoms with Gasteiger partial charge in [0.25, 0.3) is 0 Å². The third-order valence-corrected chi connectivity index (χ3v) is 8.25. The van der Waals surface area contributed by atoms with Gasteiger partial charge in [-0.15, -0.1) is 0 Å². The molecular formula is C10H15ClF8Si. The maximum absolute atomic E-state index is 12.8. The van der Waals surface area contributed by atoms with Gasteiger partial charge in [0.1, 0.15) is 0 Å². The summed E-state index contributed by atoms with van der Waals surface area (Å²) >= 11 is 5.94. The summed E-state index contributed by atoms with van der Waals surface area (Å²) in [5.74, 6) is -4.91. The van der Waals surface area contributed by atoms with Crippen molar-refractivity contribution in [3.8, 4) is 0 Å². The highest BCUT2D eigenvalue weighted by molar-refractivity contribution is 7.20. The van der Waals surface area contributed by atoms with Crippen LogP contribution in [0.4, 0.5) is 35.1 Å². The largest absolute Gasteiger partial charge is 0.453 e. The SMILES string of the molecule is CCC[Si](Cl)(CCC(F)(F)F)CCC(F)(F)C(F)(F)F. The van der Waals surface area contributed by atoms with Gasteiger partial charge in [0.15, 0.2) is 7.38 Å². The minimum absolute atomic E-state index is 0.0819. The average molecular weight is 351 g/mol. The zero-order chi connectivity index (χ0) is 16.2. The van der Waals surface area contributed by atoms with Gasteiger partial charge in [0.2, 0.25) is 0 Å². The molecule has 0 bridgehead atoms. The van der Waals surface area contributed by atoms with Crippen molar-refractivity contribution in [1.82, 2.24) is 0 Å². The van der Waals surface area contributed by atoms with Crippen molar-refractivity contribution in [3.63, 3.8) is 0 Å². The molecular weight excluding hydrogens is 336 g/mol. The van der Waals surface area contributed by atoms with E-state index >= 15 is 0 Å². The van der Waals surface area contributed by atoms with Crippen LogP contribution in [-0.2, 0) is 0 Å². The molecule has 0 spiro atoms. The van der Waals surface area contributed by atoms with Crippen LogP contribution in [0.1, 0.15) is 26.2 Å². The summed E-state index contributed by atoms with van der Waals surface area (Å²) in [6.07, 6.45) is -12.6. The molecule has 0 saturated heterocycles. The van der Waals surface area contributed by atoms with E-state index in [1.54, 1.807) is 6.92 Å². The number of rotatable bonds is 7. The van der Waals surface area contributed by atoms with Gasteiger partial charge in [-0.1, -0.05) is 13.3 Å². The maximum atomic E-state index is 12.8. The van der Waals surface area contributed by atoms with Crippen LogP contribution in [0, 0.1) is 0 Å². The molecule has 20 heavy (non-hydrogen) atoms. The van der Waals surface area contributed by atoms with Crippen LogP contribution < -0.4 is 0 Å². The van der Waals surface area contributed by atoms with E-state index in [9.17, 15) is 35.1 Å². The number of halogens is 9. The van der Waals surface area contributed by atoms with Gasteiger partial charge in [0.05, 0.1) is 0 Å². The first-order chi connectivity index (χ1) is 8.72. The highest BCUT2D eigenvalue weighted by atomic mass is 35.6. The van der Waals surface area contributed by atoms with E-state index in [0.29, 0.717) is 6.42 Å². The molecule has 122 valence electrons. The van der Waals surface area contributed by atoms with Gasteiger partial charge in [-0.25, -0.2) is 0 Å².